The molecular formula is C12H16N2O8. The van der Waals surface area contributed by atoms with Crippen LogP contribution < -0.4 is 15.6 Å². The molecular weight excluding hydrogens is 300 g/mol. The quantitative estimate of drug-likeness (QED) is 0.287. The lowest BCUT2D eigenvalue weighted by Gasteiger charge is -2.14. The van der Waals surface area contributed by atoms with Gasteiger partial charge >= 0.3 is 11.7 Å². The van der Waals surface area contributed by atoms with Gasteiger partial charge in [0.25, 0.3) is 0 Å². The highest BCUT2D eigenvalue weighted by Crippen LogP contribution is 2.31. The second-order valence-electron chi connectivity index (χ2n) is 4.03. The Labute approximate surface area is 125 Å². The molecule has 0 fully saturated rings. The van der Waals surface area contributed by atoms with Gasteiger partial charge in [-0.3, -0.25) is 14.9 Å². The normalized spacial score (nSPS) is 11.6. The van der Waals surface area contributed by atoms with Crippen molar-refractivity contribution < 1.29 is 34.2 Å². The van der Waals surface area contributed by atoms with Gasteiger partial charge in [0.2, 0.25) is 5.75 Å². The minimum atomic E-state index is -1.00. The van der Waals surface area contributed by atoms with Gasteiger partial charge in [0.15, 0.2) is 11.9 Å². The van der Waals surface area contributed by atoms with E-state index in [1.807, 2.05) is 0 Å². The maximum Gasteiger partial charge on any atom is 0.315 e. The molecule has 0 amide bonds. The molecule has 0 radical (unpaired) electrons. The molecule has 0 saturated heterocycles. The molecule has 1 atom stereocenters. The summed E-state index contributed by atoms with van der Waals surface area (Å²) in [5.41, 5.74) is -0.386. The van der Waals surface area contributed by atoms with Crippen molar-refractivity contribution >= 4 is 11.7 Å². The summed E-state index contributed by atoms with van der Waals surface area (Å²) in [6.45, 7) is 0.831. The fourth-order valence-electron chi connectivity index (χ4n) is 1.30. The van der Waals surface area contributed by atoms with E-state index in [1.54, 1.807) is 6.92 Å². The summed E-state index contributed by atoms with van der Waals surface area (Å²) < 4.78 is 4.77. The molecule has 0 aliphatic rings. The molecule has 122 valence electrons. The molecule has 1 aromatic carbocycles. The monoisotopic (exact) mass is 316 g/mol. The van der Waals surface area contributed by atoms with E-state index in [4.69, 9.17) is 25.5 Å². The summed E-state index contributed by atoms with van der Waals surface area (Å²) in [7, 11) is 0. The van der Waals surface area contributed by atoms with E-state index in [0.717, 1.165) is 12.1 Å². The Morgan fingerprint density at radius 3 is 2.77 bits per heavy atom. The highest BCUT2D eigenvalue weighted by atomic mass is 17.2. The Bertz CT molecular complexity index is 522. The van der Waals surface area contributed by atoms with Gasteiger partial charge in [0.1, 0.15) is 6.61 Å². The van der Waals surface area contributed by atoms with Gasteiger partial charge in [0.05, 0.1) is 11.5 Å². The minimum absolute atomic E-state index is 0.113. The molecule has 0 aliphatic heterocycles. The number of esters is 1. The van der Waals surface area contributed by atoms with Crippen LogP contribution in [0.1, 0.15) is 13.3 Å². The highest BCUT2D eigenvalue weighted by Gasteiger charge is 2.20. The number of rotatable bonds is 9. The molecule has 10 heteroatoms. The molecule has 0 saturated carbocycles. The number of nitrogens with two attached hydrogens (primary N) is 1. The van der Waals surface area contributed by atoms with Gasteiger partial charge in [-0.25, -0.2) is 0 Å². The summed E-state index contributed by atoms with van der Waals surface area (Å²) in [6.07, 6.45) is -0.835. The molecule has 0 aromatic heterocycles. The zero-order valence-corrected chi connectivity index (χ0v) is 11.8. The zero-order chi connectivity index (χ0) is 16.5. The number of aliphatic hydroxyl groups is 1. The van der Waals surface area contributed by atoms with E-state index in [2.05, 4.69) is 4.84 Å². The number of ether oxygens (including phenoxy) is 1. The second kappa shape index (κ2) is 8.77. The lowest BCUT2D eigenvalue weighted by Crippen LogP contribution is -2.27. The third-order valence-corrected chi connectivity index (χ3v) is 2.46. The maximum absolute atomic E-state index is 11.0. The smallest absolute Gasteiger partial charge is 0.315 e. The van der Waals surface area contributed by atoms with Crippen molar-refractivity contribution in [2.45, 2.75) is 19.4 Å². The molecule has 1 rings (SSSR count). The van der Waals surface area contributed by atoms with E-state index in [-0.39, 0.29) is 30.2 Å². The molecule has 1 aromatic rings. The fourth-order valence-corrected chi connectivity index (χ4v) is 1.30. The van der Waals surface area contributed by atoms with E-state index in [1.165, 1.54) is 6.07 Å². The standard InChI is InChI=1S/C12H16N2O8/c1-2-12(16)19-7-9(6-15)21-22-11-5-8(20-13)3-4-10(11)14(17)18/h3-5,9,15H,2,6-7,13H2,1H3. The van der Waals surface area contributed by atoms with Gasteiger partial charge in [-0.2, -0.15) is 10.8 Å². The highest BCUT2D eigenvalue weighted by molar-refractivity contribution is 5.68. The first kappa shape index (κ1) is 17.6. The summed E-state index contributed by atoms with van der Waals surface area (Å²) in [4.78, 5) is 35.3. The molecule has 0 aliphatic carbocycles. The maximum atomic E-state index is 11.0. The van der Waals surface area contributed by atoms with Crippen molar-refractivity contribution in [1.82, 2.24) is 0 Å². The largest absolute Gasteiger partial charge is 0.463 e. The first-order chi connectivity index (χ1) is 10.5. The van der Waals surface area contributed by atoms with Crippen LogP contribution in [-0.2, 0) is 14.4 Å². The number of benzene rings is 1. The summed E-state index contributed by atoms with van der Waals surface area (Å²) in [6, 6.07) is 3.54. The van der Waals surface area contributed by atoms with E-state index < -0.39 is 23.6 Å². The SMILES string of the molecule is CCC(=O)OCC(CO)OOc1cc(ON)ccc1[N+](=O)[O-]. The van der Waals surface area contributed by atoms with Crippen LogP contribution in [0.5, 0.6) is 11.5 Å². The number of hydrogen-bond donors (Lipinski definition) is 2. The predicted molar refractivity (Wildman–Crippen MR) is 71.7 cm³/mol. The van der Waals surface area contributed by atoms with Crippen LogP contribution >= 0.6 is 0 Å². The van der Waals surface area contributed by atoms with E-state index in [9.17, 15) is 14.9 Å². The third-order valence-electron chi connectivity index (χ3n) is 2.46. The summed E-state index contributed by atoms with van der Waals surface area (Å²) in [5, 5.41) is 20.0. The van der Waals surface area contributed by atoms with Crippen molar-refractivity contribution in [2.24, 2.45) is 5.90 Å². The molecule has 22 heavy (non-hydrogen) atoms. The van der Waals surface area contributed by atoms with Gasteiger partial charge in [-0.1, -0.05) is 6.92 Å². The van der Waals surface area contributed by atoms with E-state index >= 15 is 0 Å². The Balaban J connectivity index is 2.71. The fraction of sp³-hybridized carbons (Fsp3) is 0.417. The molecule has 0 bridgehead atoms. The summed E-state index contributed by atoms with van der Waals surface area (Å²) in [5.74, 6) is 4.32. The van der Waals surface area contributed by atoms with Gasteiger partial charge in [0, 0.05) is 18.6 Å². The molecule has 0 spiro atoms. The van der Waals surface area contributed by atoms with Crippen LogP contribution in [0.2, 0.25) is 0 Å². The van der Waals surface area contributed by atoms with Crippen molar-refractivity contribution in [3.05, 3.63) is 28.3 Å². The van der Waals surface area contributed by atoms with Crippen molar-refractivity contribution in [2.75, 3.05) is 13.2 Å². The Kier molecular flexibility index (Phi) is 7.02. The predicted octanol–water partition coefficient (Wildman–Crippen LogP) is 0.472. The van der Waals surface area contributed by atoms with Crippen LogP contribution in [0, 0.1) is 10.1 Å². The number of carbonyl (C=O) groups excluding carboxylic acids is 1. The first-order valence-corrected chi connectivity index (χ1v) is 6.26. The molecule has 0 heterocycles. The van der Waals surface area contributed by atoms with Gasteiger partial charge in [-0.05, 0) is 6.07 Å². The Morgan fingerprint density at radius 2 is 2.23 bits per heavy atom. The molecule has 10 nitrogen and oxygen atoms in total. The topological polar surface area (TPSA) is 143 Å². The molecule has 3 N–H and O–H groups in total. The van der Waals surface area contributed by atoms with Gasteiger partial charge in [-0.15, -0.1) is 0 Å². The second-order valence-corrected chi connectivity index (χ2v) is 4.03. The van der Waals surface area contributed by atoms with E-state index in [0.29, 0.717) is 0 Å². The number of aliphatic hydroxyl groups excluding tert-OH is 1. The van der Waals surface area contributed by atoms with Crippen molar-refractivity contribution in [3.63, 3.8) is 0 Å². The number of nitrogens with zero attached hydrogens (tertiary/aromatic N) is 1. The number of nitro groups is 1. The number of nitro benzene ring substituents is 1. The van der Waals surface area contributed by atoms with Crippen molar-refractivity contribution in [3.8, 4) is 11.5 Å². The number of carbonyl (C=O) groups is 1. The first-order valence-electron chi connectivity index (χ1n) is 6.26. The zero-order valence-electron chi connectivity index (χ0n) is 11.8. The third kappa shape index (κ3) is 5.16. The van der Waals surface area contributed by atoms with Crippen LogP contribution in [0.15, 0.2) is 18.2 Å². The van der Waals surface area contributed by atoms with Crippen LogP contribution in [0.3, 0.4) is 0 Å². The van der Waals surface area contributed by atoms with Crippen LogP contribution in [0.4, 0.5) is 5.69 Å². The lowest BCUT2D eigenvalue weighted by molar-refractivity contribution is -0.389. The average molecular weight is 316 g/mol. The Morgan fingerprint density at radius 1 is 1.50 bits per heavy atom. The molecule has 1 unspecified atom stereocenters. The summed E-state index contributed by atoms with van der Waals surface area (Å²) >= 11 is 0. The minimum Gasteiger partial charge on any atom is -0.463 e. The van der Waals surface area contributed by atoms with Gasteiger partial charge < -0.3 is 19.6 Å². The van der Waals surface area contributed by atoms with Crippen LogP contribution in [-0.4, -0.2) is 35.3 Å². The van der Waals surface area contributed by atoms with Crippen molar-refractivity contribution in [1.29, 1.82) is 0 Å². The lowest BCUT2D eigenvalue weighted by atomic mass is 10.3. The Hall–Kier alpha value is -2.43. The average Bonchev–Trinajstić information content (AvgIpc) is 2.54. The van der Waals surface area contributed by atoms with Crippen LogP contribution in [0.25, 0.3) is 0 Å². The number of hydrogen-bond acceptors (Lipinski definition) is 9.